The van der Waals surface area contributed by atoms with Crippen LogP contribution in [0.3, 0.4) is 0 Å². The fourth-order valence-electron chi connectivity index (χ4n) is 1.58. The van der Waals surface area contributed by atoms with Gasteiger partial charge < -0.3 is 9.55 Å². The van der Waals surface area contributed by atoms with Gasteiger partial charge in [-0.05, 0) is 32.1 Å². The molecule has 0 fully saturated rings. The van der Waals surface area contributed by atoms with Crippen molar-refractivity contribution in [3.8, 4) is 0 Å². The van der Waals surface area contributed by atoms with E-state index in [2.05, 4.69) is 30.3 Å². The van der Waals surface area contributed by atoms with Crippen molar-refractivity contribution >= 4 is 20.7 Å². The molecule has 0 rings (SSSR count). The molecule has 0 aromatic carbocycles. The van der Waals surface area contributed by atoms with Crippen molar-refractivity contribution in [2.45, 2.75) is 33.2 Å². The lowest BCUT2D eigenvalue weighted by Crippen LogP contribution is -2.50. The van der Waals surface area contributed by atoms with Crippen molar-refractivity contribution < 1.29 is 0 Å². The molecule has 0 saturated heterocycles. The van der Waals surface area contributed by atoms with Gasteiger partial charge in [-0.25, -0.2) is 0 Å². The molecule has 80 valence electrons. The standard InChI is InChI=1S/C9H23ClN2Si/c1-4-11-13(9-7-8-10)12(5-2)6-3/h11,13H,4-9H2,1-3H3. The molecule has 0 amide bonds. The van der Waals surface area contributed by atoms with Gasteiger partial charge in [0.25, 0.3) is 0 Å². The van der Waals surface area contributed by atoms with Gasteiger partial charge in [0.2, 0.25) is 0 Å². The van der Waals surface area contributed by atoms with Gasteiger partial charge in [-0.1, -0.05) is 20.8 Å². The second kappa shape index (κ2) is 9.00. The van der Waals surface area contributed by atoms with Crippen LogP contribution in [0.2, 0.25) is 6.04 Å². The van der Waals surface area contributed by atoms with Crippen LogP contribution in [0.4, 0.5) is 0 Å². The molecule has 0 saturated carbocycles. The monoisotopic (exact) mass is 222 g/mol. The molecule has 0 aliphatic heterocycles. The third-order valence-corrected chi connectivity index (χ3v) is 6.02. The molecule has 0 spiro atoms. The highest BCUT2D eigenvalue weighted by Gasteiger charge is 2.15. The van der Waals surface area contributed by atoms with Crippen molar-refractivity contribution in [1.82, 2.24) is 9.55 Å². The fourth-order valence-corrected chi connectivity index (χ4v) is 4.77. The van der Waals surface area contributed by atoms with E-state index >= 15 is 0 Å². The molecule has 1 atom stereocenters. The van der Waals surface area contributed by atoms with E-state index in [0.717, 1.165) is 18.8 Å². The first kappa shape index (κ1) is 13.4. The van der Waals surface area contributed by atoms with Gasteiger partial charge in [0.1, 0.15) is 0 Å². The van der Waals surface area contributed by atoms with Gasteiger partial charge in [-0.3, -0.25) is 0 Å². The Morgan fingerprint density at radius 3 is 2.23 bits per heavy atom. The third-order valence-electron chi connectivity index (χ3n) is 2.30. The van der Waals surface area contributed by atoms with Gasteiger partial charge in [0.05, 0.1) is 0 Å². The van der Waals surface area contributed by atoms with Gasteiger partial charge in [-0.2, -0.15) is 0 Å². The van der Waals surface area contributed by atoms with Crippen molar-refractivity contribution in [3.63, 3.8) is 0 Å². The average Bonchev–Trinajstić information content (AvgIpc) is 2.16. The maximum Gasteiger partial charge on any atom is 0.187 e. The molecule has 2 nitrogen and oxygen atoms in total. The number of nitrogens with one attached hydrogen (secondary N) is 1. The summed E-state index contributed by atoms with van der Waals surface area (Å²) in [5.74, 6) is 0.802. The highest BCUT2D eigenvalue weighted by molar-refractivity contribution is 6.53. The van der Waals surface area contributed by atoms with E-state index in [1.807, 2.05) is 0 Å². The molecule has 0 heterocycles. The predicted octanol–water partition coefficient (Wildman–Crippen LogP) is 1.79. The van der Waals surface area contributed by atoms with E-state index in [-0.39, 0.29) is 0 Å². The Morgan fingerprint density at radius 2 is 1.85 bits per heavy atom. The summed E-state index contributed by atoms with van der Waals surface area (Å²) < 4.78 is 2.58. The number of halogens is 1. The second-order valence-electron chi connectivity index (χ2n) is 3.13. The summed E-state index contributed by atoms with van der Waals surface area (Å²) in [6, 6.07) is 1.29. The number of rotatable bonds is 8. The van der Waals surface area contributed by atoms with E-state index in [9.17, 15) is 0 Å². The highest BCUT2D eigenvalue weighted by Crippen LogP contribution is 2.02. The topological polar surface area (TPSA) is 15.3 Å². The second-order valence-corrected chi connectivity index (χ2v) is 6.25. The SMILES string of the molecule is CCN[SiH](CCCCl)N(CC)CC. The number of hydrogen-bond donors (Lipinski definition) is 1. The van der Waals surface area contributed by atoms with Crippen molar-refractivity contribution in [3.05, 3.63) is 0 Å². The average molecular weight is 223 g/mol. The van der Waals surface area contributed by atoms with Gasteiger partial charge >= 0.3 is 0 Å². The summed E-state index contributed by atoms with van der Waals surface area (Å²) in [5, 5.41) is 0. The summed E-state index contributed by atoms with van der Waals surface area (Å²) >= 11 is 5.71. The Kier molecular flexibility index (Phi) is 9.30. The molecule has 13 heavy (non-hydrogen) atoms. The van der Waals surface area contributed by atoms with E-state index in [4.69, 9.17) is 11.6 Å². The van der Waals surface area contributed by atoms with Gasteiger partial charge in [0, 0.05) is 5.88 Å². The molecule has 4 heteroatoms. The van der Waals surface area contributed by atoms with E-state index in [1.165, 1.54) is 19.1 Å². The van der Waals surface area contributed by atoms with Crippen molar-refractivity contribution in [2.75, 3.05) is 25.5 Å². The van der Waals surface area contributed by atoms with E-state index < -0.39 is 9.12 Å². The molecular formula is C9H23ClN2Si. The maximum atomic E-state index is 5.71. The van der Waals surface area contributed by atoms with Crippen molar-refractivity contribution in [2.24, 2.45) is 0 Å². The number of nitrogens with zero attached hydrogens (tertiary/aromatic N) is 1. The largest absolute Gasteiger partial charge is 0.328 e. The molecule has 0 aliphatic carbocycles. The first-order chi connectivity index (χ1) is 6.29. The minimum atomic E-state index is -0.868. The van der Waals surface area contributed by atoms with Crippen LogP contribution in [0.5, 0.6) is 0 Å². The minimum Gasteiger partial charge on any atom is -0.328 e. The summed E-state index contributed by atoms with van der Waals surface area (Å²) in [6.45, 7) is 10.1. The smallest absolute Gasteiger partial charge is 0.187 e. The highest BCUT2D eigenvalue weighted by atomic mass is 35.5. The lowest BCUT2D eigenvalue weighted by atomic mass is 10.6. The Bertz CT molecular complexity index is 110. The summed E-state index contributed by atoms with van der Waals surface area (Å²) in [4.78, 5) is 3.63. The van der Waals surface area contributed by atoms with Gasteiger partial charge in [0.15, 0.2) is 9.12 Å². The Labute approximate surface area is 89.4 Å². The molecule has 0 aliphatic rings. The summed E-state index contributed by atoms with van der Waals surface area (Å²) in [5.41, 5.74) is 0. The quantitative estimate of drug-likeness (QED) is 0.498. The van der Waals surface area contributed by atoms with Gasteiger partial charge in [-0.15, -0.1) is 11.6 Å². The first-order valence-electron chi connectivity index (χ1n) is 5.33. The summed E-state index contributed by atoms with van der Waals surface area (Å²) in [7, 11) is -0.868. The lowest BCUT2D eigenvalue weighted by Gasteiger charge is -2.28. The predicted molar refractivity (Wildman–Crippen MR) is 63.9 cm³/mol. The van der Waals surface area contributed by atoms with Crippen LogP contribution in [0.1, 0.15) is 27.2 Å². The first-order valence-corrected chi connectivity index (χ1v) is 7.77. The van der Waals surface area contributed by atoms with E-state index in [0.29, 0.717) is 0 Å². The molecule has 0 aromatic heterocycles. The number of alkyl halides is 1. The zero-order valence-electron chi connectivity index (χ0n) is 9.15. The molecular weight excluding hydrogens is 200 g/mol. The molecule has 1 unspecified atom stereocenters. The zero-order chi connectivity index (χ0) is 10.1. The molecule has 0 radical (unpaired) electrons. The molecule has 0 bridgehead atoms. The number of hydrogen-bond acceptors (Lipinski definition) is 2. The Balaban J connectivity index is 3.88. The van der Waals surface area contributed by atoms with Crippen LogP contribution >= 0.6 is 11.6 Å². The maximum absolute atomic E-state index is 5.71. The van der Waals surface area contributed by atoms with Crippen LogP contribution in [0.15, 0.2) is 0 Å². The van der Waals surface area contributed by atoms with Crippen LogP contribution < -0.4 is 4.98 Å². The Hall–Kier alpha value is 0.427. The molecule has 0 aromatic rings. The van der Waals surface area contributed by atoms with Crippen LogP contribution in [0, 0.1) is 0 Å². The van der Waals surface area contributed by atoms with Crippen LogP contribution in [-0.2, 0) is 0 Å². The Morgan fingerprint density at radius 1 is 1.23 bits per heavy atom. The molecule has 1 N–H and O–H groups in total. The van der Waals surface area contributed by atoms with Crippen LogP contribution in [-0.4, -0.2) is 39.2 Å². The summed E-state index contributed by atoms with van der Waals surface area (Å²) in [6.07, 6.45) is 1.15. The minimum absolute atomic E-state index is 0.802. The fraction of sp³-hybridized carbons (Fsp3) is 1.00. The lowest BCUT2D eigenvalue weighted by molar-refractivity contribution is 0.465. The van der Waals surface area contributed by atoms with E-state index in [1.54, 1.807) is 0 Å². The zero-order valence-corrected chi connectivity index (χ0v) is 11.1. The van der Waals surface area contributed by atoms with Crippen molar-refractivity contribution in [1.29, 1.82) is 0 Å². The normalized spacial score (nSPS) is 13.6. The third kappa shape index (κ3) is 5.68. The van der Waals surface area contributed by atoms with Crippen LogP contribution in [0.25, 0.3) is 0 Å².